The van der Waals surface area contributed by atoms with Crippen LogP contribution in [0.3, 0.4) is 0 Å². The highest BCUT2D eigenvalue weighted by Gasteiger charge is 2.32. The van der Waals surface area contributed by atoms with Gasteiger partial charge < -0.3 is 24.6 Å². The minimum Gasteiger partial charge on any atom is -0.449 e. The summed E-state index contributed by atoms with van der Waals surface area (Å²) >= 11 is 4.97. The molecule has 2 aliphatic heterocycles. The molecule has 0 unspecified atom stereocenters. The Hall–Kier alpha value is -2.32. The molecule has 178 valence electrons. The molecule has 8 nitrogen and oxygen atoms in total. The Morgan fingerprint density at radius 3 is 2.12 bits per heavy atom. The molecule has 0 spiro atoms. The summed E-state index contributed by atoms with van der Waals surface area (Å²) in [5, 5.41) is 3.25. The average Bonchev–Trinajstić information content (AvgIpc) is 2.78. The van der Waals surface area contributed by atoms with E-state index in [4.69, 9.17) is 16.3 Å². The maximum atomic E-state index is 12.4. The molecule has 2 saturated heterocycles. The van der Waals surface area contributed by atoms with Crippen molar-refractivity contribution in [3.63, 3.8) is 0 Å². The number of amides is 2. The van der Waals surface area contributed by atoms with E-state index in [1.807, 2.05) is 56.0 Å². The molecule has 1 N–H and O–H groups in total. The molecular formula is C23H34ClN3O5. The van der Waals surface area contributed by atoms with E-state index in [0.29, 0.717) is 13.1 Å². The molecule has 3 rings (SSSR count). The summed E-state index contributed by atoms with van der Waals surface area (Å²) in [5.74, 6) is 0.308. The van der Waals surface area contributed by atoms with E-state index >= 15 is 0 Å². The van der Waals surface area contributed by atoms with Crippen LogP contribution < -0.4 is 5.32 Å². The summed E-state index contributed by atoms with van der Waals surface area (Å²) in [6, 6.07) is 9.36. The van der Waals surface area contributed by atoms with E-state index in [-0.39, 0.29) is 24.5 Å². The predicted octanol–water partition coefficient (Wildman–Crippen LogP) is 3.63. The molecule has 2 heterocycles. The highest BCUT2D eigenvalue weighted by atomic mass is 35.5. The molecular weight excluding hydrogens is 434 g/mol. The van der Waals surface area contributed by atoms with Crippen molar-refractivity contribution in [3.8, 4) is 0 Å². The van der Waals surface area contributed by atoms with Crippen molar-refractivity contribution in [1.82, 2.24) is 15.1 Å². The largest absolute Gasteiger partial charge is 0.449 e. The van der Waals surface area contributed by atoms with Gasteiger partial charge >= 0.3 is 11.5 Å². The Morgan fingerprint density at radius 2 is 1.59 bits per heavy atom. The van der Waals surface area contributed by atoms with E-state index < -0.39 is 11.0 Å². The minimum atomic E-state index is -0.770. The number of ether oxygens (including phenoxy) is 2. The highest BCUT2D eigenvalue weighted by Crippen LogP contribution is 2.21. The van der Waals surface area contributed by atoms with Gasteiger partial charge in [-0.1, -0.05) is 30.3 Å². The summed E-state index contributed by atoms with van der Waals surface area (Å²) in [7, 11) is 0. The SMILES string of the molecule is CC(C)(C)OC(=O)N1CCC(C(=O)N2CCNCC2)CC1.O=C(Cl)OCc1ccccc1. The van der Waals surface area contributed by atoms with Crippen molar-refractivity contribution in [2.24, 2.45) is 5.92 Å². The number of carbonyl (C=O) groups is 3. The minimum absolute atomic E-state index is 0.0572. The monoisotopic (exact) mass is 467 g/mol. The number of rotatable bonds is 3. The first-order valence-corrected chi connectivity index (χ1v) is 11.4. The van der Waals surface area contributed by atoms with Crippen molar-refractivity contribution in [2.45, 2.75) is 45.8 Å². The molecule has 9 heteroatoms. The molecule has 32 heavy (non-hydrogen) atoms. The molecule has 2 fully saturated rings. The lowest BCUT2D eigenvalue weighted by atomic mass is 9.95. The van der Waals surface area contributed by atoms with E-state index in [0.717, 1.165) is 44.6 Å². The third-order valence-corrected chi connectivity index (χ3v) is 5.23. The van der Waals surface area contributed by atoms with Crippen molar-refractivity contribution >= 4 is 29.0 Å². The number of carbonyl (C=O) groups excluding carboxylic acids is 3. The molecule has 2 aliphatic rings. The van der Waals surface area contributed by atoms with Gasteiger partial charge in [-0.25, -0.2) is 9.59 Å². The van der Waals surface area contributed by atoms with Gasteiger partial charge in [0.1, 0.15) is 12.2 Å². The van der Waals surface area contributed by atoms with Crippen molar-refractivity contribution < 1.29 is 23.9 Å². The van der Waals surface area contributed by atoms with Crippen LogP contribution >= 0.6 is 11.6 Å². The fraction of sp³-hybridized carbons (Fsp3) is 0.609. The predicted molar refractivity (Wildman–Crippen MR) is 122 cm³/mol. The average molecular weight is 468 g/mol. The summed E-state index contributed by atoms with van der Waals surface area (Å²) in [4.78, 5) is 38.2. The standard InChI is InChI=1S/C15H27N3O3.C8H7ClO2/c1-15(2,3)21-14(20)18-8-4-12(5-9-18)13(19)17-10-6-16-7-11-17;9-8(10)11-6-7-4-2-1-3-5-7/h12,16H,4-11H2,1-3H3;1-5H,6H2. The maximum absolute atomic E-state index is 12.4. The Bertz CT molecular complexity index is 740. The summed E-state index contributed by atoms with van der Waals surface area (Å²) < 4.78 is 9.93. The second-order valence-electron chi connectivity index (χ2n) is 8.83. The topological polar surface area (TPSA) is 88.2 Å². The first-order valence-electron chi connectivity index (χ1n) is 11.0. The number of nitrogens with one attached hydrogen (secondary N) is 1. The van der Waals surface area contributed by atoms with Crippen LogP contribution in [0.15, 0.2) is 30.3 Å². The van der Waals surface area contributed by atoms with Crippen LogP contribution in [0.25, 0.3) is 0 Å². The zero-order valence-electron chi connectivity index (χ0n) is 19.1. The number of nitrogens with zero attached hydrogens (tertiary/aromatic N) is 2. The number of benzene rings is 1. The van der Waals surface area contributed by atoms with Crippen LogP contribution in [-0.2, 0) is 20.9 Å². The molecule has 1 aromatic carbocycles. The Kier molecular flexibility index (Phi) is 10.3. The molecule has 0 aliphatic carbocycles. The van der Waals surface area contributed by atoms with E-state index in [2.05, 4.69) is 10.1 Å². The van der Waals surface area contributed by atoms with E-state index in [1.54, 1.807) is 4.90 Å². The maximum Gasteiger partial charge on any atom is 0.410 e. The number of hydrogen-bond acceptors (Lipinski definition) is 6. The normalized spacial score (nSPS) is 17.1. The second-order valence-corrected chi connectivity index (χ2v) is 9.14. The van der Waals surface area contributed by atoms with Crippen LogP contribution in [0, 0.1) is 5.92 Å². The van der Waals surface area contributed by atoms with E-state index in [1.165, 1.54) is 0 Å². The number of hydrogen-bond donors (Lipinski definition) is 1. The molecule has 0 atom stereocenters. The zero-order valence-corrected chi connectivity index (χ0v) is 19.9. The van der Waals surface area contributed by atoms with Gasteiger partial charge in [0.05, 0.1) is 0 Å². The van der Waals surface area contributed by atoms with Gasteiger partial charge in [0.15, 0.2) is 0 Å². The van der Waals surface area contributed by atoms with E-state index in [9.17, 15) is 14.4 Å². The molecule has 0 bridgehead atoms. The number of likely N-dealkylation sites (tertiary alicyclic amines) is 1. The highest BCUT2D eigenvalue weighted by molar-refractivity contribution is 6.61. The van der Waals surface area contributed by atoms with Crippen molar-refractivity contribution in [1.29, 1.82) is 0 Å². The van der Waals surface area contributed by atoms with Gasteiger partial charge in [-0.05, 0) is 39.2 Å². The number of piperazine rings is 1. The molecule has 1 aromatic rings. The smallest absolute Gasteiger partial charge is 0.410 e. The quantitative estimate of drug-likeness (QED) is 0.683. The summed E-state index contributed by atoms with van der Waals surface area (Å²) in [6.45, 7) is 10.4. The lowest BCUT2D eigenvalue weighted by Gasteiger charge is -2.36. The fourth-order valence-electron chi connectivity index (χ4n) is 3.49. The molecule has 0 aromatic heterocycles. The first-order chi connectivity index (χ1) is 15.2. The van der Waals surface area contributed by atoms with Gasteiger partial charge in [0, 0.05) is 56.8 Å². The van der Waals surface area contributed by atoms with Gasteiger partial charge in [0.25, 0.3) is 0 Å². The summed E-state index contributed by atoms with van der Waals surface area (Å²) in [6.07, 6.45) is 1.21. The number of piperidine rings is 1. The van der Waals surface area contributed by atoms with Crippen LogP contribution in [0.2, 0.25) is 0 Å². The van der Waals surface area contributed by atoms with Crippen LogP contribution in [0.4, 0.5) is 9.59 Å². The van der Waals surface area contributed by atoms with Crippen LogP contribution in [0.1, 0.15) is 39.2 Å². The zero-order chi connectivity index (χ0) is 23.6. The lowest BCUT2D eigenvalue weighted by Crippen LogP contribution is -2.50. The van der Waals surface area contributed by atoms with Gasteiger partial charge in [-0.3, -0.25) is 4.79 Å². The molecule has 2 amide bonds. The second kappa shape index (κ2) is 12.6. The van der Waals surface area contributed by atoms with Crippen LogP contribution in [-0.4, -0.2) is 72.1 Å². The molecule has 0 radical (unpaired) electrons. The Balaban J connectivity index is 0.000000278. The lowest BCUT2D eigenvalue weighted by molar-refractivity contribution is -0.137. The Morgan fingerprint density at radius 1 is 1.00 bits per heavy atom. The number of halogens is 1. The fourth-order valence-corrected chi connectivity index (χ4v) is 3.55. The van der Waals surface area contributed by atoms with Crippen LogP contribution in [0.5, 0.6) is 0 Å². The first kappa shape index (κ1) is 25.9. The third kappa shape index (κ3) is 9.44. The van der Waals surface area contributed by atoms with Gasteiger partial charge in [-0.15, -0.1) is 0 Å². The third-order valence-electron chi connectivity index (χ3n) is 5.12. The van der Waals surface area contributed by atoms with Crippen molar-refractivity contribution in [2.75, 3.05) is 39.3 Å². The molecule has 0 saturated carbocycles. The van der Waals surface area contributed by atoms with Gasteiger partial charge in [0.2, 0.25) is 5.91 Å². The van der Waals surface area contributed by atoms with Gasteiger partial charge in [-0.2, -0.15) is 0 Å². The Labute approximate surface area is 195 Å². The summed E-state index contributed by atoms with van der Waals surface area (Å²) in [5.41, 5.74) is -0.305. The van der Waals surface area contributed by atoms with Crippen molar-refractivity contribution in [3.05, 3.63) is 35.9 Å².